The Hall–Kier alpha value is -0.300. The summed E-state index contributed by atoms with van der Waals surface area (Å²) in [6, 6.07) is 1.38. The first-order valence-corrected chi connectivity index (χ1v) is 5.11. The monoisotopic (exact) mass is 167 g/mol. The summed E-state index contributed by atoms with van der Waals surface area (Å²) in [4.78, 5) is 0. The van der Waals surface area contributed by atoms with E-state index in [0.717, 1.165) is 18.4 Å². The summed E-state index contributed by atoms with van der Waals surface area (Å²) in [5.74, 6) is 0.969. The molecule has 70 valence electrons. The Kier molecular flexibility index (Phi) is 3.80. The molecule has 0 radical (unpaired) electrons. The average Bonchev–Trinajstić information content (AvgIpc) is 2.82. The fourth-order valence-electron chi connectivity index (χ4n) is 1.63. The highest BCUT2D eigenvalue weighted by atomic mass is 14.9. The topological polar surface area (TPSA) is 12.0 Å². The van der Waals surface area contributed by atoms with Gasteiger partial charge in [0, 0.05) is 12.1 Å². The SMILES string of the molecule is C=CCCC(C)NC(C)C1CC1. The molecule has 1 aliphatic rings. The first-order chi connectivity index (χ1) is 5.74. The van der Waals surface area contributed by atoms with Crippen LogP contribution in [0.1, 0.15) is 39.5 Å². The summed E-state index contributed by atoms with van der Waals surface area (Å²) in [6.07, 6.45) is 7.22. The molecule has 0 saturated heterocycles. The molecule has 0 amide bonds. The van der Waals surface area contributed by atoms with E-state index in [-0.39, 0.29) is 0 Å². The predicted molar refractivity (Wildman–Crippen MR) is 54.2 cm³/mol. The molecule has 0 bridgehead atoms. The minimum atomic E-state index is 0.651. The molecule has 1 saturated carbocycles. The molecule has 0 spiro atoms. The van der Waals surface area contributed by atoms with Crippen LogP contribution in [0.2, 0.25) is 0 Å². The van der Waals surface area contributed by atoms with Crippen molar-refractivity contribution in [2.24, 2.45) is 5.92 Å². The molecule has 0 aliphatic heterocycles. The van der Waals surface area contributed by atoms with Crippen LogP contribution in [0, 0.1) is 5.92 Å². The largest absolute Gasteiger partial charge is 0.311 e. The molecule has 1 nitrogen and oxygen atoms in total. The van der Waals surface area contributed by atoms with Crippen molar-refractivity contribution in [2.45, 2.75) is 51.6 Å². The Balaban J connectivity index is 2.06. The van der Waals surface area contributed by atoms with Gasteiger partial charge in [0.1, 0.15) is 0 Å². The lowest BCUT2D eigenvalue weighted by Gasteiger charge is -2.18. The lowest BCUT2D eigenvalue weighted by Crippen LogP contribution is -2.35. The average molecular weight is 167 g/mol. The predicted octanol–water partition coefficient (Wildman–Crippen LogP) is 2.73. The number of nitrogens with one attached hydrogen (secondary N) is 1. The molecular weight excluding hydrogens is 146 g/mol. The third-order valence-corrected chi connectivity index (χ3v) is 2.68. The zero-order chi connectivity index (χ0) is 8.97. The van der Waals surface area contributed by atoms with Crippen molar-refractivity contribution < 1.29 is 0 Å². The van der Waals surface area contributed by atoms with E-state index >= 15 is 0 Å². The van der Waals surface area contributed by atoms with Gasteiger partial charge >= 0.3 is 0 Å². The second-order valence-corrected chi connectivity index (χ2v) is 4.06. The smallest absolute Gasteiger partial charge is 0.00694 e. The summed E-state index contributed by atoms with van der Waals surface area (Å²) in [5, 5.41) is 3.63. The zero-order valence-corrected chi connectivity index (χ0v) is 8.34. The van der Waals surface area contributed by atoms with Crippen molar-refractivity contribution in [3.63, 3.8) is 0 Å². The van der Waals surface area contributed by atoms with Crippen LogP contribution in [-0.4, -0.2) is 12.1 Å². The summed E-state index contributed by atoms with van der Waals surface area (Å²) < 4.78 is 0. The maximum absolute atomic E-state index is 3.73. The first kappa shape index (κ1) is 9.79. The van der Waals surface area contributed by atoms with Gasteiger partial charge in [0.2, 0.25) is 0 Å². The van der Waals surface area contributed by atoms with Gasteiger partial charge < -0.3 is 5.32 Å². The van der Waals surface area contributed by atoms with Crippen LogP contribution in [0.5, 0.6) is 0 Å². The minimum Gasteiger partial charge on any atom is -0.311 e. The minimum absolute atomic E-state index is 0.651. The van der Waals surface area contributed by atoms with Gasteiger partial charge in [-0.05, 0) is 45.4 Å². The Morgan fingerprint density at radius 3 is 2.67 bits per heavy atom. The van der Waals surface area contributed by atoms with E-state index in [9.17, 15) is 0 Å². The van der Waals surface area contributed by atoms with Gasteiger partial charge in [-0.15, -0.1) is 6.58 Å². The molecular formula is C11H21N. The molecule has 1 aliphatic carbocycles. The molecule has 0 aromatic heterocycles. The highest BCUT2D eigenvalue weighted by Gasteiger charge is 2.28. The van der Waals surface area contributed by atoms with Crippen molar-refractivity contribution in [2.75, 3.05) is 0 Å². The summed E-state index contributed by atoms with van der Waals surface area (Å²) in [5.41, 5.74) is 0. The van der Waals surface area contributed by atoms with Crippen LogP contribution < -0.4 is 5.32 Å². The van der Waals surface area contributed by atoms with Gasteiger partial charge in [-0.2, -0.15) is 0 Å². The molecule has 1 fully saturated rings. The molecule has 0 aromatic rings. The fraction of sp³-hybridized carbons (Fsp3) is 0.818. The van der Waals surface area contributed by atoms with Crippen LogP contribution in [0.4, 0.5) is 0 Å². The zero-order valence-electron chi connectivity index (χ0n) is 8.34. The molecule has 0 aromatic carbocycles. The molecule has 1 heteroatoms. The number of allylic oxidation sites excluding steroid dienone is 1. The normalized spacial score (nSPS) is 21.8. The van der Waals surface area contributed by atoms with Crippen LogP contribution >= 0.6 is 0 Å². The highest BCUT2D eigenvalue weighted by Crippen LogP contribution is 2.32. The number of rotatable bonds is 6. The van der Waals surface area contributed by atoms with Crippen molar-refractivity contribution in [3.8, 4) is 0 Å². The van der Waals surface area contributed by atoms with Gasteiger partial charge in [-0.25, -0.2) is 0 Å². The summed E-state index contributed by atoms with van der Waals surface area (Å²) in [6.45, 7) is 8.31. The highest BCUT2D eigenvalue weighted by molar-refractivity contribution is 4.85. The standard InChI is InChI=1S/C11H21N/c1-4-5-6-9(2)12-10(3)11-7-8-11/h4,9-12H,1,5-8H2,2-3H3. The quantitative estimate of drug-likeness (QED) is 0.600. The maximum Gasteiger partial charge on any atom is 0.00694 e. The lowest BCUT2D eigenvalue weighted by atomic mass is 10.1. The van der Waals surface area contributed by atoms with Crippen LogP contribution in [0.3, 0.4) is 0 Å². The van der Waals surface area contributed by atoms with Gasteiger partial charge in [-0.3, -0.25) is 0 Å². The Labute approximate surface area is 76.2 Å². The van der Waals surface area contributed by atoms with Crippen molar-refractivity contribution in [1.29, 1.82) is 0 Å². The van der Waals surface area contributed by atoms with Gasteiger partial charge in [0.25, 0.3) is 0 Å². The molecule has 2 unspecified atom stereocenters. The van der Waals surface area contributed by atoms with E-state index in [2.05, 4.69) is 25.7 Å². The van der Waals surface area contributed by atoms with Crippen LogP contribution in [-0.2, 0) is 0 Å². The van der Waals surface area contributed by atoms with E-state index in [4.69, 9.17) is 0 Å². The van der Waals surface area contributed by atoms with Crippen molar-refractivity contribution >= 4 is 0 Å². The van der Waals surface area contributed by atoms with E-state index in [1.807, 2.05) is 6.08 Å². The molecule has 0 heterocycles. The van der Waals surface area contributed by atoms with E-state index < -0.39 is 0 Å². The van der Waals surface area contributed by atoms with Gasteiger partial charge in [0.05, 0.1) is 0 Å². The number of hydrogen-bond donors (Lipinski definition) is 1. The van der Waals surface area contributed by atoms with Crippen molar-refractivity contribution in [1.82, 2.24) is 5.32 Å². The molecule has 12 heavy (non-hydrogen) atoms. The lowest BCUT2D eigenvalue weighted by molar-refractivity contribution is 0.418. The second-order valence-electron chi connectivity index (χ2n) is 4.06. The number of hydrogen-bond acceptors (Lipinski definition) is 1. The van der Waals surface area contributed by atoms with Gasteiger partial charge in [0.15, 0.2) is 0 Å². The Morgan fingerprint density at radius 2 is 2.17 bits per heavy atom. The maximum atomic E-state index is 3.73. The summed E-state index contributed by atoms with van der Waals surface area (Å²) in [7, 11) is 0. The molecule has 1 N–H and O–H groups in total. The van der Waals surface area contributed by atoms with Crippen LogP contribution in [0.15, 0.2) is 12.7 Å². The van der Waals surface area contributed by atoms with E-state index in [1.54, 1.807) is 0 Å². The van der Waals surface area contributed by atoms with Crippen molar-refractivity contribution in [3.05, 3.63) is 12.7 Å². The second kappa shape index (κ2) is 4.66. The molecule has 1 rings (SSSR count). The van der Waals surface area contributed by atoms with Gasteiger partial charge in [-0.1, -0.05) is 6.08 Å². The van der Waals surface area contributed by atoms with Crippen LogP contribution in [0.25, 0.3) is 0 Å². The Bertz CT molecular complexity index is 138. The fourth-order valence-corrected chi connectivity index (χ4v) is 1.63. The molecule has 2 atom stereocenters. The third kappa shape index (κ3) is 3.40. The first-order valence-electron chi connectivity index (χ1n) is 5.11. The third-order valence-electron chi connectivity index (χ3n) is 2.68. The van der Waals surface area contributed by atoms with E-state index in [0.29, 0.717) is 6.04 Å². The summed E-state index contributed by atoms with van der Waals surface area (Å²) >= 11 is 0. The van der Waals surface area contributed by atoms with E-state index in [1.165, 1.54) is 19.3 Å². The Morgan fingerprint density at radius 1 is 1.50 bits per heavy atom.